The maximum Gasteiger partial charge on any atom is 0.425 e. The van der Waals surface area contributed by atoms with Gasteiger partial charge in [0.05, 0.1) is 11.4 Å². The largest absolute Gasteiger partial charge is 0.425 e. The first kappa shape index (κ1) is 9.67. The summed E-state index contributed by atoms with van der Waals surface area (Å²) < 4.78 is 36.8. The maximum atomic E-state index is 12.3. The van der Waals surface area contributed by atoms with Crippen LogP contribution in [0.3, 0.4) is 0 Å². The molecule has 1 aliphatic heterocycles. The van der Waals surface area contributed by atoms with Crippen molar-refractivity contribution in [3.63, 3.8) is 0 Å². The van der Waals surface area contributed by atoms with Crippen LogP contribution in [0.1, 0.15) is 20.1 Å². The quantitative estimate of drug-likeness (QED) is 0.726. The highest BCUT2D eigenvalue weighted by Crippen LogP contribution is 2.37. The van der Waals surface area contributed by atoms with Crippen LogP contribution in [0.25, 0.3) is 0 Å². The van der Waals surface area contributed by atoms with Gasteiger partial charge in [-0.1, -0.05) is 0 Å². The molecule has 2 heterocycles. The number of ketones is 1. The predicted molar refractivity (Wildman–Crippen MR) is 45.4 cm³/mol. The van der Waals surface area contributed by atoms with Gasteiger partial charge in [0.25, 0.3) is 0 Å². The third-order valence-corrected chi connectivity index (χ3v) is 3.21. The molecule has 14 heavy (non-hydrogen) atoms. The van der Waals surface area contributed by atoms with Crippen LogP contribution in [0, 0.1) is 0 Å². The molecule has 0 spiro atoms. The number of thiophene rings is 1. The Hall–Kier alpha value is -0.880. The van der Waals surface area contributed by atoms with Gasteiger partial charge in [-0.3, -0.25) is 4.79 Å². The molecule has 6 heteroatoms. The number of alkyl halides is 3. The van der Waals surface area contributed by atoms with Crippen molar-refractivity contribution in [2.45, 2.75) is 12.7 Å². The minimum atomic E-state index is -4.34. The van der Waals surface area contributed by atoms with Gasteiger partial charge in [-0.05, 0) is 11.6 Å². The monoisotopic (exact) mass is 221 g/mol. The predicted octanol–water partition coefficient (Wildman–Crippen LogP) is 2.05. The summed E-state index contributed by atoms with van der Waals surface area (Å²) in [6.07, 6.45) is -4.34. The van der Waals surface area contributed by atoms with E-state index in [2.05, 4.69) is 5.32 Å². The van der Waals surface area contributed by atoms with Crippen molar-refractivity contribution in [2.24, 2.45) is 0 Å². The summed E-state index contributed by atoms with van der Waals surface area (Å²) in [5.41, 5.74) is 0.457. The molecule has 2 nitrogen and oxygen atoms in total. The van der Waals surface area contributed by atoms with E-state index in [4.69, 9.17) is 0 Å². The van der Waals surface area contributed by atoms with E-state index in [1.165, 1.54) is 0 Å². The molecule has 0 fully saturated rings. The second-order valence-electron chi connectivity index (χ2n) is 2.99. The molecule has 0 radical (unpaired) electrons. The zero-order valence-corrected chi connectivity index (χ0v) is 7.76. The Bertz CT molecular complexity index is 382. The van der Waals surface area contributed by atoms with E-state index >= 15 is 0 Å². The van der Waals surface area contributed by atoms with Crippen LogP contribution in [0.4, 0.5) is 13.2 Å². The molecule has 0 amide bonds. The van der Waals surface area contributed by atoms with E-state index in [1.54, 1.807) is 0 Å². The molecule has 1 N–H and O–H groups in total. The Morgan fingerprint density at radius 1 is 1.36 bits per heavy atom. The molecule has 0 saturated heterocycles. The number of nitrogens with one attached hydrogen (secondary N) is 1. The molecule has 1 aliphatic rings. The normalized spacial score (nSPS) is 16.9. The van der Waals surface area contributed by atoms with Crippen LogP contribution < -0.4 is 5.32 Å². The minimum absolute atomic E-state index is 0.130. The topological polar surface area (TPSA) is 29.1 Å². The Balaban J connectivity index is 2.45. The second kappa shape index (κ2) is 3.06. The number of hydrogen-bond donors (Lipinski definition) is 1. The average Bonchev–Trinajstić information content (AvgIpc) is 2.48. The molecule has 1 aromatic heterocycles. The molecule has 0 bridgehead atoms. The Kier molecular flexibility index (Phi) is 2.11. The zero-order valence-electron chi connectivity index (χ0n) is 6.94. The summed E-state index contributed by atoms with van der Waals surface area (Å²) in [6, 6.07) is 1.05. The summed E-state index contributed by atoms with van der Waals surface area (Å²) in [4.78, 5) is 10.8. The van der Waals surface area contributed by atoms with E-state index < -0.39 is 11.1 Å². The first-order valence-electron chi connectivity index (χ1n) is 3.92. The van der Waals surface area contributed by atoms with Gasteiger partial charge in [0.15, 0.2) is 5.78 Å². The molecule has 1 aromatic rings. The van der Waals surface area contributed by atoms with Crippen LogP contribution in [0.5, 0.6) is 0 Å². The van der Waals surface area contributed by atoms with Crippen molar-refractivity contribution in [1.29, 1.82) is 0 Å². The van der Waals surface area contributed by atoms with Gasteiger partial charge in [0.2, 0.25) is 0 Å². The zero-order chi connectivity index (χ0) is 10.3. The number of hydrogen-bond acceptors (Lipinski definition) is 3. The number of Topliss-reactive ketones (excluding diaryl/α,β-unsaturated/α-hetero) is 1. The van der Waals surface area contributed by atoms with Crippen molar-refractivity contribution < 1.29 is 18.0 Å². The molecule has 76 valence electrons. The molecule has 0 aromatic carbocycles. The smallest absolute Gasteiger partial charge is 0.306 e. The molecule has 0 aliphatic carbocycles. The highest BCUT2D eigenvalue weighted by Gasteiger charge is 2.35. The van der Waals surface area contributed by atoms with Crippen LogP contribution in [-0.4, -0.2) is 12.3 Å². The standard InChI is InChI=1S/C8H6F3NOS/c9-8(10,11)6-1-4-2-12-3-5(13)7(4)14-6/h1,12H,2-3H2. The lowest BCUT2D eigenvalue weighted by Crippen LogP contribution is -2.28. The molecule has 0 saturated carbocycles. The van der Waals surface area contributed by atoms with E-state index in [9.17, 15) is 18.0 Å². The maximum absolute atomic E-state index is 12.3. The van der Waals surface area contributed by atoms with Crippen molar-refractivity contribution in [3.8, 4) is 0 Å². The number of fused-ring (bicyclic) bond motifs is 1. The lowest BCUT2D eigenvalue weighted by molar-refractivity contribution is -0.134. The van der Waals surface area contributed by atoms with Gasteiger partial charge < -0.3 is 5.32 Å². The Morgan fingerprint density at radius 2 is 2.07 bits per heavy atom. The SMILES string of the molecule is O=C1CNCc2cc(C(F)(F)F)sc21. The fourth-order valence-corrected chi connectivity index (χ4v) is 2.31. The number of carbonyl (C=O) groups is 1. The van der Waals surface area contributed by atoms with Crippen LogP contribution in [0.2, 0.25) is 0 Å². The third-order valence-electron chi connectivity index (χ3n) is 1.94. The van der Waals surface area contributed by atoms with Crippen LogP contribution in [-0.2, 0) is 12.7 Å². The summed E-state index contributed by atoms with van der Waals surface area (Å²) in [5.74, 6) is -0.258. The van der Waals surface area contributed by atoms with Crippen molar-refractivity contribution in [3.05, 3.63) is 21.4 Å². The van der Waals surface area contributed by atoms with E-state index in [0.717, 1.165) is 6.07 Å². The minimum Gasteiger partial charge on any atom is -0.306 e. The summed E-state index contributed by atoms with van der Waals surface area (Å²) in [5, 5.41) is 2.75. The molecule has 2 rings (SSSR count). The van der Waals surface area contributed by atoms with Gasteiger partial charge in [-0.2, -0.15) is 13.2 Å². The summed E-state index contributed by atoms with van der Waals surface area (Å²) in [7, 11) is 0. The number of halogens is 3. The lowest BCUT2D eigenvalue weighted by Gasteiger charge is -2.09. The molecule has 0 atom stereocenters. The van der Waals surface area contributed by atoms with Crippen molar-refractivity contribution >= 4 is 17.1 Å². The fourth-order valence-electron chi connectivity index (χ4n) is 1.33. The second-order valence-corrected chi connectivity index (χ2v) is 4.04. The lowest BCUT2D eigenvalue weighted by atomic mass is 10.1. The highest BCUT2D eigenvalue weighted by molar-refractivity contribution is 7.14. The van der Waals surface area contributed by atoms with Crippen molar-refractivity contribution in [1.82, 2.24) is 5.32 Å². The van der Waals surface area contributed by atoms with E-state index in [-0.39, 0.29) is 17.2 Å². The van der Waals surface area contributed by atoms with Gasteiger partial charge in [-0.25, -0.2) is 0 Å². The Labute approximate surface area is 81.7 Å². The first-order chi connectivity index (χ1) is 6.48. The van der Waals surface area contributed by atoms with Gasteiger partial charge in [0.1, 0.15) is 4.88 Å². The number of carbonyl (C=O) groups excluding carboxylic acids is 1. The molecule has 0 unspecified atom stereocenters. The highest BCUT2D eigenvalue weighted by atomic mass is 32.1. The van der Waals surface area contributed by atoms with Gasteiger partial charge in [0, 0.05) is 6.54 Å². The van der Waals surface area contributed by atoms with E-state index in [1.807, 2.05) is 0 Å². The summed E-state index contributed by atoms with van der Waals surface area (Å²) >= 11 is 0.536. The summed E-state index contributed by atoms with van der Waals surface area (Å²) in [6.45, 7) is 0.471. The number of rotatable bonds is 0. The van der Waals surface area contributed by atoms with Gasteiger partial charge in [-0.15, -0.1) is 11.3 Å². The van der Waals surface area contributed by atoms with E-state index in [0.29, 0.717) is 23.4 Å². The van der Waals surface area contributed by atoms with Crippen LogP contribution >= 0.6 is 11.3 Å². The average molecular weight is 221 g/mol. The third kappa shape index (κ3) is 1.55. The van der Waals surface area contributed by atoms with Crippen molar-refractivity contribution in [2.75, 3.05) is 6.54 Å². The molecular formula is C8H6F3NOS. The Morgan fingerprint density at radius 3 is 2.64 bits per heavy atom. The van der Waals surface area contributed by atoms with Crippen LogP contribution in [0.15, 0.2) is 6.07 Å². The first-order valence-corrected chi connectivity index (χ1v) is 4.74. The fraction of sp³-hybridized carbons (Fsp3) is 0.375. The molecular weight excluding hydrogens is 215 g/mol. The van der Waals surface area contributed by atoms with Gasteiger partial charge >= 0.3 is 6.18 Å².